The number of amides is 1. The van der Waals surface area contributed by atoms with Gasteiger partial charge in [-0.05, 0) is 44.3 Å². The predicted molar refractivity (Wildman–Crippen MR) is 127 cm³/mol. The van der Waals surface area contributed by atoms with Crippen molar-refractivity contribution in [2.45, 2.75) is 33.4 Å². The van der Waals surface area contributed by atoms with Gasteiger partial charge in [-0.15, -0.1) is 17.9 Å². The van der Waals surface area contributed by atoms with E-state index < -0.39 is 0 Å². The molecule has 0 fully saturated rings. The van der Waals surface area contributed by atoms with Crippen molar-refractivity contribution < 1.29 is 14.1 Å². The Kier molecular flexibility index (Phi) is 6.80. The van der Waals surface area contributed by atoms with Gasteiger partial charge in [0.25, 0.3) is 5.91 Å². The Morgan fingerprint density at radius 1 is 1.42 bits per heavy atom. The molecule has 0 atom stereocenters. The van der Waals surface area contributed by atoms with Crippen LogP contribution in [0.5, 0.6) is 5.75 Å². The van der Waals surface area contributed by atoms with Crippen LogP contribution in [0.15, 0.2) is 46.8 Å². The van der Waals surface area contributed by atoms with Crippen LogP contribution in [0.1, 0.15) is 38.9 Å². The summed E-state index contributed by atoms with van der Waals surface area (Å²) < 4.78 is 13.4. The number of rotatable bonds is 9. The van der Waals surface area contributed by atoms with E-state index in [4.69, 9.17) is 21.5 Å². The highest BCUT2D eigenvalue weighted by Gasteiger charge is 2.14. The first kappa shape index (κ1) is 22.6. The summed E-state index contributed by atoms with van der Waals surface area (Å²) in [6, 6.07) is 6.98. The van der Waals surface area contributed by atoms with Crippen LogP contribution in [-0.4, -0.2) is 30.8 Å². The van der Waals surface area contributed by atoms with E-state index in [0.29, 0.717) is 40.8 Å². The second-order valence-corrected chi connectivity index (χ2v) is 8.48. The number of benzene rings is 1. The molecule has 0 aliphatic rings. The summed E-state index contributed by atoms with van der Waals surface area (Å²) in [6.07, 6.45) is 2.24. The van der Waals surface area contributed by atoms with Crippen LogP contribution in [0.2, 0.25) is 0 Å². The fourth-order valence-corrected chi connectivity index (χ4v) is 4.10. The van der Waals surface area contributed by atoms with Gasteiger partial charge >= 0.3 is 0 Å². The van der Waals surface area contributed by atoms with Crippen molar-refractivity contribution in [3.8, 4) is 5.75 Å². The molecule has 0 saturated carbocycles. The molecule has 0 saturated heterocycles. The fraction of sp³-hybridized carbons (Fsp3) is 0.227. The highest BCUT2D eigenvalue weighted by molar-refractivity contribution is 7.71. The number of hydrogen-bond acceptors (Lipinski definition) is 8. The molecule has 0 radical (unpaired) electrons. The van der Waals surface area contributed by atoms with Gasteiger partial charge in [0.2, 0.25) is 0 Å². The van der Waals surface area contributed by atoms with Gasteiger partial charge in [-0.1, -0.05) is 17.3 Å². The van der Waals surface area contributed by atoms with Gasteiger partial charge in [-0.2, -0.15) is 5.10 Å². The van der Waals surface area contributed by atoms with Crippen LogP contribution >= 0.6 is 23.6 Å². The van der Waals surface area contributed by atoms with Gasteiger partial charge in [0.1, 0.15) is 23.9 Å². The quantitative estimate of drug-likeness (QED) is 0.265. The summed E-state index contributed by atoms with van der Waals surface area (Å²) in [5, 5.41) is 16.2. The molecule has 3 aromatic heterocycles. The number of aromatic nitrogens is 5. The lowest BCUT2D eigenvalue weighted by Crippen LogP contribution is -2.12. The minimum Gasteiger partial charge on any atom is -0.489 e. The zero-order chi connectivity index (χ0) is 23.4. The average Bonchev–Trinajstić information content (AvgIpc) is 3.48. The van der Waals surface area contributed by atoms with Crippen LogP contribution in [0.4, 0.5) is 5.13 Å². The Balaban J connectivity index is 1.40. The molecule has 1 amide bonds. The Morgan fingerprint density at radius 2 is 2.27 bits per heavy atom. The average molecular weight is 483 g/mol. The zero-order valence-corrected chi connectivity index (χ0v) is 19.8. The third-order valence-electron chi connectivity index (χ3n) is 4.92. The van der Waals surface area contributed by atoms with Crippen molar-refractivity contribution in [1.29, 1.82) is 0 Å². The molecule has 170 valence electrons. The SMILES string of the molecule is C=CCn1c(Cc2csc(NC(=O)c3cccc(OCc4c(C)noc4C)c3)n2)n[nH]c1=S. The normalized spacial score (nSPS) is 10.8. The molecule has 0 spiro atoms. The monoisotopic (exact) mass is 482 g/mol. The molecular weight excluding hydrogens is 460 g/mol. The maximum Gasteiger partial charge on any atom is 0.257 e. The van der Waals surface area contributed by atoms with Crippen LogP contribution in [0.25, 0.3) is 0 Å². The lowest BCUT2D eigenvalue weighted by atomic mass is 10.2. The van der Waals surface area contributed by atoms with Crippen molar-refractivity contribution in [3.05, 3.63) is 81.2 Å². The molecule has 4 rings (SSSR count). The third-order valence-corrected chi connectivity index (χ3v) is 6.04. The molecular formula is C22H22N6O3S2. The second-order valence-electron chi connectivity index (χ2n) is 7.24. The number of aromatic amines is 1. The molecule has 11 heteroatoms. The largest absolute Gasteiger partial charge is 0.489 e. The number of thiazole rings is 1. The number of allylic oxidation sites excluding steroid dienone is 1. The molecule has 0 bridgehead atoms. The number of H-pyrrole nitrogens is 1. The molecule has 3 heterocycles. The minimum atomic E-state index is -0.270. The Morgan fingerprint density at radius 3 is 3.03 bits per heavy atom. The van der Waals surface area contributed by atoms with Crippen LogP contribution in [-0.2, 0) is 19.6 Å². The molecule has 1 aromatic carbocycles. The van der Waals surface area contributed by atoms with Crippen LogP contribution < -0.4 is 10.1 Å². The van der Waals surface area contributed by atoms with Gasteiger partial charge in [0.05, 0.1) is 23.4 Å². The number of aryl methyl sites for hydroxylation is 2. The van der Waals surface area contributed by atoms with E-state index in [1.54, 1.807) is 30.3 Å². The van der Waals surface area contributed by atoms with Gasteiger partial charge in [-0.25, -0.2) is 4.98 Å². The van der Waals surface area contributed by atoms with E-state index in [1.807, 2.05) is 23.8 Å². The van der Waals surface area contributed by atoms with Crippen LogP contribution in [0, 0.1) is 18.6 Å². The molecule has 0 unspecified atom stereocenters. The highest BCUT2D eigenvalue weighted by atomic mass is 32.1. The summed E-state index contributed by atoms with van der Waals surface area (Å²) in [7, 11) is 0. The Labute approximate surface area is 199 Å². The number of anilines is 1. The first-order valence-corrected chi connectivity index (χ1v) is 11.4. The molecule has 33 heavy (non-hydrogen) atoms. The Bertz CT molecular complexity index is 1330. The van der Waals surface area contributed by atoms with Gasteiger partial charge in [-0.3, -0.25) is 19.8 Å². The molecule has 4 aromatic rings. The van der Waals surface area contributed by atoms with E-state index >= 15 is 0 Å². The maximum absolute atomic E-state index is 12.7. The van der Waals surface area contributed by atoms with Crippen LogP contribution in [0.3, 0.4) is 0 Å². The number of carbonyl (C=O) groups excluding carboxylic acids is 1. The number of ether oxygens (including phenoxy) is 1. The number of nitrogens with zero attached hydrogens (tertiary/aromatic N) is 4. The maximum atomic E-state index is 12.7. The highest BCUT2D eigenvalue weighted by Crippen LogP contribution is 2.21. The standard InChI is InChI=1S/C22H22N6O3S2/c1-4-8-28-19(25-26-22(28)32)10-16-12-33-21(23-16)24-20(29)15-6-5-7-17(9-15)30-11-18-13(2)27-31-14(18)3/h4-7,9,12H,1,8,10-11H2,2-3H3,(H,26,32)(H,23,24,29). The van der Waals surface area contributed by atoms with E-state index in [-0.39, 0.29) is 5.91 Å². The van der Waals surface area contributed by atoms with E-state index in [2.05, 4.69) is 32.2 Å². The summed E-state index contributed by atoms with van der Waals surface area (Å²) in [4.78, 5) is 17.3. The molecule has 2 N–H and O–H groups in total. The lowest BCUT2D eigenvalue weighted by Gasteiger charge is -2.08. The number of nitrogens with one attached hydrogen (secondary N) is 2. The molecule has 0 aliphatic carbocycles. The summed E-state index contributed by atoms with van der Waals surface area (Å²) in [6.45, 7) is 8.32. The number of carbonyl (C=O) groups is 1. The zero-order valence-electron chi connectivity index (χ0n) is 18.1. The molecule has 0 aliphatic heterocycles. The predicted octanol–water partition coefficient (Wildman–Crippen LogP) is 4.61. The first-order chi connectivity index (χ1) is 15.9. The smallest absolute Gasteiger partial charge is 0.257 e. The van der Waals surface area contributed by atoms with E-state index in [1.165, 1.54) is 11.3 Å². The lowest BCUT2D eigenvalue weighted by molar-refractivity contribution is 0.102. The summed E-state index contributed by atoms with van der Waals surface area (Å²) in [5.41, 5.74) is 2.94. The van der Waals surface area contributed by atoms with E-state index in [9.17, 15) is 4.79 Å². The summed E-state index contributed by atoms with van der Waals surface area (Å²) >= 11 is 6.59. The van der Waals surface area contributed by atoms with Gasteiger partial charge in [0, 0.05) is 17.5 Å². The topological polar surface area (TPSA) is 111 Å². The van der Waals surface area contributed by atoms with Crippen molar-refractivity contribution in [2.75, 3.05) is 5.32 Å². The number of hydrogen-bond donors (Lipinski definition) is 2. The van der Waals surface area contributed by atoms with Gasteiger partial charge in [0.15, 0.2) is 9.90 Å². The Hall–Kier alpha value is -3.57. The van der Waals surface area contributed by atoms with Crippen molar-refractivity contribution in [1.82, 2.24) is 24.9 Å². The van der Waals surface area contributed by atoms with Gasteiger partial charge < -0.3 is 9.26 Å². The van der Waals surface area contributed by atoms with Crippen molar-refractivity contribution >= 4 is 34.6 Å². The van der Waals surface area contributed by atoms with Crippen molar-refractivity contribution in [3.63, 3.8) is 0 Å². The molecule has 9 nitrogen and oxygen atoms in total. The minimum absolute atomic E-state index is 0.270. The first-order valence-electron chi connectivity index (χ1n) is 10.1. The second kappa shape index (κ2) is 9.92. The third kappa shape index (κ3) is 5.26. The van der Waals surface area contributed by atoms with Crippen molar-refractivity contribution in [2.24, 2.45) is 0 Å². The fourth-order valence-electron chi connectivity index (χ4n) is 3.17. The van der Waals surface area contributed by atoms with E-state index in [0.717, 1.165) is 28.5 Å². The summed E-state index contributed by atoms with van der Waals surface area (Å²) in [5.74, 6) is 1.78.